The first-order valence-electron chi connectivity index (χ1n) is 10.1. The predicted molar refractivity (Wildman–Crippen MR) is 113 cm³/mol. The van der Waals surface area contributed by atoms with Gasteiger partial charge in [0.15, 0.2) is 0 Å². The Bertz CT molecular complexity index is 830. The molecule has 154 valence electrons. The molecule has 2 aromatic rings. The summed E-state index contributed by atoms with van der Waals surface area (Å²) in [5.41, 5.74) is 3.19. The van der Waals surface area contributed by atoms with E-state index in [2.05, 4.69) is 30.1 Å². The average molecular weight is 395 g/mol. The van der Waals surface area contributed by atoms with Crippen LogP contribution in [-0.2, 0) is 17.9 Å². The Morgan fingerprint density at radius 2 is 1.83 bits per heavy atom. The van der Waals surface area contributed by atoms with Crippen LogP contribution in [0.2, 0.25) is 0 Å². The van der Waals surface area contributed by atoms with Gasteiger partial charge in [0.05, 0.1) is 12.2 Å². The van der Waals surface area contributed by atoms with Gasteiger partial charge in [-0.2, -0.15) is 0 Å². The van der Waals surface area contributed by atoms with Gasteiger partial charge in [0.1, 0.15) is 0 Å². The lowest BCUT2D eigenvalue weighted by molar-refractivity contribution is -0.138. The Labute approximate surface area is 173 Å². The van der Waals surface area contributed by atoms with Crippen LogP contribution in [0.25, 0.3) is 0 Å². The number of urea groups is 1. The number of amides is 3. The molecule has 0 N–H and O–H groups in total. The summed E-state index contributed by atoms with van der Waals surface area (Å²) >= 11 is 0. The molecule has 6 heteroatoms. The molecule has 0 spiro atoms. The highest BCUT2D eigenvalue weighted by atomic mass is 16.2. The summed E-state index contributed by atoms with van der Waals surface area (Å²) in [5, 5.41) is 0. The molecule has 1 aromatic carbocycles. The van der Waals surface area contributed by atoms with Crippen molar-refractivity contribution in [2.75, 3.05) is 27.2 Å². The summed E-state index contributed by atoms with van der Waals surface area (Å²) < 4.78 is 0. The summed E-state index contributed by atoms with van der Waals surface area (Å²) in [7, 11) is 3.52. The van der Waals surface area contributed by atoms with Crippen molar-refractivity contribution < 1.29 is 9.59 Å². The fraction of sp³-hybridized carbons (Fsp3) is 0.435. The van der Waals surface area contributed by atoms with Crippen LogP contribution >= 0.6 is 0 Å². The van der Waals surface area contributed by atoms with Gasteiger partial charge in [-0.05, 0) is 37.5 Å². The van der Waals surface area contributed by atoms with Crippen molar-refractivity contribution in [3.8, 4) is 0 Å². The van der Waals surface area contributed by atoms with Gasteiger partial charge in [-0.25, -0.2) is 4.79 Å². The van der Waals surface area contributed by atoms with E-state index in [0.717, 1.165) is 11.3 Å². The zero-order valence-corrected chi connectivity index (χ0v) is 17.5. The summed E-state index contributed by atoms with van der Waals surface area (Å²) in [6.07, 6.45) is 3.16. The monoisotopic (exact) mass is 394 g/mol. The largest absolute Gasteiger partial charge is 0.332 e. The zero-order chi connectivity index (χ0) is 20.8. The molecule has 0 bridgehead atoms. The minimum atomic E-state index is -0.0604. The summed E-state index contributed by atoms with van der Waals surface area (Å²) in [4.78, 5) is 35.3. The molecule has 2 heterocycles. The molecule has 3 amide bonds. The van der Waals surface area contributed by atoms with E-state index in [1.807, 2.05) is 34.1 Å². The average Bonchev–Trinajstić information content (AvgIpc) is 2.73. The van der Waals surface area contributed by atoms with Gasteiger partial charge in [-0.3, -0.25) is 9.78 Å². The lowest BCUT2D eigenvalue weighted by Gasteiger charge is -2.35. The molecule has 1 aliphatic rings. The molecule has 1 fully saturated rings. The number of hydrogen-bond acceptors (Lipinski definition) is 3. The number of nitrogens with zero attached hydrogens (tertiary/aromatic N) is 4. The number of likely N-dealkylation sites (tertiary alicyclic amines) is 1. The van der Waals surface area contributed by atoms with Crippen LogP contribution in [0.15, 0.2) is 48.7 Å². The highest BCUT2D eigenvalue weighted by Gasteiger charge is 2.31. The second-order valence-electron chi connectivity index (χ2n) is 7.94. The van der Waals surface area contributed by atoms with E-state index in [0.29, 0.717) is 39.0 Å². The van der Waals surface area contributed by atoms with Crippen LogP contribution in [0.5, 0.6) is 0 Å². The van der Waals surface area contributed by atoms with Gasteiger partial charge < -0.3 is 14.7 Å². The Hall–Kier alpha value is -2.89. The molecule has 0 unspecified atom stereocenters. The first-order valence-corrected chi connectivity index (χ1v) is 10.1. The van der Waals surface area contributed by atoms with Gasteiger partial charge >= 0.3 is 6.03 Å². The molecular formula is C23H30N4O2. The fourth-order valence-electron chi connectivity index (χ4n) is 3.79. The Balaban J connectivity index is 1.71. The maximum atomic E-state index is 13.4. The van der Waals surface area contributed by atoms with Crippen LogP contribution < -0.4 is 0 Å². The number of carbonyl (C=O) groups is 2. The minimum Gasteiger partial charge on any atom is -0.332 e. The molecule has 0 saturated carbocycles. The van der Waals surface area contributed by atoms with Crippen molar-refractivity contribution >= 4 is 11.9 Å². The molecule has 3 rings (SSSR count). The highest BCUT2D eigenvalue weighted by molar-refractivity contribution is 5.80. The molecule has 0 atom stereocenters. The number of piperidine rings is 1. The van der Waals surface area contributed by atoms with Crippen LogP contribution in [0.3, 0.4) is 0 Å². The van der Waals surface area contributed by atoms with Crippen molar-refractivity contribution in [3.05, 3.63) is 65.5 Å². The third-order valence-electron chi connectivity index (χ3n) is 5.34. The van der Waals surface area contributed by atoms with Crippen LogP contribution in [0, 0.1) is 12.8 Å². The van der Waals surface area contributed by atoms with Crippen LogP contribution in [0.4, 0.5) is 4.79 Å². The Morgan fingerprint density at radius 3 is 2.45 bits per heavy atom. The second kappa shape index (κ2) is 9.54. The van der Waals surface area contributed by atoms with E-state index in [-0.39, 0.29) is 17.9 Å². The van der Waals surface area contributed by atoms with E-state index in [9.17, 15) is 9.59 Å². The van der Waals surface area contributed by atoms with Gasteiger partial charge in [-0.1, -0.05) is 35.9 Å². The van der Waals surface area contributed by atoms with E-state index in [1.54, 1.807) is 25.2 Å². The number of pyridine rings is 1. The summed E-state index contributed by atoms with van der Waals surface area (Å²) in [5.74, 6) is 0.0869. The Morgan fingerprint density at radius 1 is 1.07 bits per heavy atom. The molecule has 1 saturated heterocycles. The normalized spacial score (nSPS) is 14.5. The summed E-state index contributed by atoms with van der Waals surface area (Å²) in [6, 6.07) is 14.1. The van der Waals surface area contributed by atoms with Crippen LogP contribution in [-0.4, -0.2) is 58.8 Å². The maximum absolute atomic E-state index is 13.4. The van der Waals surface area contributed by atoms with Crippen molar-refractivity contribution in [2.45, 2.75) is 32.9 Å². The Kier molecular flexibility index (Phi) is 6.86. The smallest absolute Gasteiger partial charge is 0.319 e. The number of aryl methyl sites for hydroxylation is 1. The van der Waals surface area contributed by atoms with Gasteiger partial charge in [0.25, 0.3) is 0 Å². The van der Waals surface area contributed by atoms with E-state index in [4.69, 9.17) is 0 Å². The van der Waals surface area contributed by atoms with Crippen molar-refractivity contribution in [2.24, 2.45) is 5.92 Å². The lowest BCUT2D eigenvalue weighted by Crippen LogP contribution is -2.47. The number of benzene rings is 1. The summed E-state index contributed by atoms with van der Waals surface area (Å²) in [6.45, 7) is 4.36. The molecule has 29 heavy (non-hydrogen) atoms. The quantitative estimate of drug-likeness (QED) is 0.782. The molecular weight excluding hydrogens is 364 g/mol. The predicted octanol–water partition coefficient (Wildman–Crippen LogP) is 3.31. The first kappa shape index (κ1) is 20.8. The first-order chi connectivity index (χ1) is 13.9. The van der Waals surface area contributed by atoms with E-state index < -0.39 is 0 Å². The fourth-order valence-corrected chi connectivity index (χ4v) is 3.79. The van der Waals surface area contributed by atoms with Crippen molar-refractivity contribution in [3.63, 3.8) is 0 Å². The standard InChI is InChI=1S/C23H30N4O2/c1-18-7-6-8-19(15-18)16-27(17-21-9-4-5-12-24-21)22(28)20-10-13-26(14-11-20)23(29)25(2)3/h4-9,12,15,20H,10-11,13-14,16-17H2,1-3H3. The molecule has 1 aromatic heterocycles. The topological polar surface area (TPSA) is 56.8 Å². The SMILES string of the molecule is Cc1cccc(CN(Cc2ccccn2)C(=O)C2CCN(C(=O)N(C)C)CC2)c1. The number of rotatable bonds is 5. The minimum absolute atomic E-state index is 0.0148. The zero-order valence-electron chi connectivity index (χ0n) is 17.5. The van der Waals surface area contributed by atoms with Crippen molar-refractivity contribution in [1.29, 1.82) is 0 Å². The maximum Gasteiger partial charge on any atom is 0.319 e. The third-order valence-corrected chi connectivity index (χ3v) is 5.34. The lowest BCUT2D eigenvalue weighted by atomic mass is 9.95. The molecule has 1 aliphatic heterocycles. The number of carbonyl (C=O) groups excluding carboxylic acids is 2. The van der Waals surface area contributed by atoms with Gasteiger partial charge in [0, 0.05) is 45.8 Å². The number of aromatic nitrogens is 1. The van der Waals surface area contributed by atoms with Crippen molar-refractivity contribution in [1.82, 2.24) is 19.7 Å². The molecule has 0 radical (unpaired) electrons. The molecule has 0 aliphatic carbocycles. The highest BCUT2D eigenvalue weighted by Crippen LogP contribution is 2.23. The van der Waals surface area contributed by atoms with Crippen LogP contribution in [0.1, 0.15) is 29.7 Å². The number of hydrogen-bond donors (Lipinski definition) is 0. The van der Waals surface area contributed by atoms with E-state index >= 15 is 0 Å². The second-order valence-corrected chi connectivity index (χ2v) is 7.94. The van der Waals surface area contributed by atoms with E-state index in [1.165, 1.54) is 5.56 Å². The third kappa shape index (κ3) is 5.56. The molecule has 6 nitrogen and oxygen atoms in total. The van der Waals surface area contributed by atoms with Gasteiger partial charge in [-0.15, -0.1) is 0 Å². The van der Waals surface area contributed by atoms with Gasteiger partial charge in [0.2, 0.25) is 5.91 Å².